The third-order valence-electron chi connectivity index (χ3n) is 5.37. The van der Waals surface area contributed by atoms with Gasteiger partial charge in [-0.3, -0.25) is 4.68 Å². The Bertz CT molecular complexity index is 722. The van der Waals surface area contributed by atoms with E-state index in [4.69, 9.17) is 0 Å². The lowest BCUT2D eigenvalue weighted by Gasteiger charge is -2.62. The Morgan fingerprint density at radius 3 is 2.75 bits per heavy atom. The lowest BCUT2D eigenvalue weighted by Crippen LogP contribution is -2.65. The third kappa shape index (κ3) is 2.56. The number of nitrogens with one attached hydrogen (secondary N) is 1. The molecule has 1 saturated carbocycles. The molecule has 2 aliphatic rings. The predicted molar refractivity (Wildman–Crippen MR) is 90.3 cm³/mol. The van der Waals surface area contributed by atoms with E-state index in [1.54, 1.807) is 11.0 Å². The van der Waals surface area contributed by atoms with E-state index in [1.807, 2.05) is 18.0 Å². The van der Waals surface area contributed by atoms with Crippen LogP contribution in [0.1, 0.15) is 36.7 Å². The highest BCUT2D eigenvalue weighted by atomic mass is 16.2. The first-order valence-electron chi connectivity index (χ1n) is 8.62. The van der Waals surface area contributed by atoms with E-state index < -0.39 is 0 Å². The van der Waals surface area contributed by atoms with Crippen molar-refractivity contribution in [2.75, 3.05) is 13.1 Å². The molecule has 6 heteroatoms. The van der Waals surface area contributed by atoms with Crippen LogP contribution in [-0.2, 0) is 13.5 Å². The number of aromatic nitrogens is 3. The summed E-state index contributed by atoms with van der Waals surface area (Å²) in [5.74, 6) is 0.761. The summed E-state index contributed by atoms with van der Waals surface area (Å²) in [7, 11) is 1.84. The molecule has 1 saturated heterocycles. The Labute approximate surface area is 141 Å². The lowest BCUT2D eigenvalue weighted by molar-refractivity contribution is -0.0997. The minimum Gasteiger partial charge on any atom is -0.338 e. The Kier molecular flexibility index (Phi) is 3.75. The van der Waals surface area contributed by atoms with Crippen LogP contribution in [0.15, 0.2) is 36.7 Å². The van der Waals surface area contributed by atoms with Gasteiger partial charge >= 0.3 is 6.03 Å². The van der Waals surface area contributed by atoms with Gasteiger partial charge < -0.3 is 10.2 Å². The summed E-state index contributed by atoms with van der Waals surface area (Å²) in [6, 6.07) is 10.7. The van der Waals surface area contributed by atoms with Crippen molar-refractivity contribution in [2.24, 2.45) is 12.5 Å². The van der Waals surface area contributed by atoms with Gasteiger partial charge in [-0.1, -0.05) is 36.8 Å². The van der Waals surface area contributed by atoms with Gasteiger partial charge in [0.15, 0.2) is 5.82 Å². The van der Waals surface area contributed by atoms with Crippen LogP contribution in [-0.4, -0.2) is 38.8 Å². The zero-order valence-electron chi connectivity index (χ0n) is 14.0. The molecule has 1 unspecified atom stereocenters. The molecule has 1 spiro atoms. The zero-order valence-corrected chi connectivity index (χ0v) is 14.0. The highest BCUT2D eigenvalue weighted by molar-refractivity contribution is 5.76. The molecule has 2 aromatic rings. The van der Waals surface area contributed by atoms with E-state index in [0.717, 1.165) is 12.4 Å². The van der Waals surface area contributed by atoms with Gasteiger partial charge in [0.05, 0.1) is 6.04 Å². The minimum atomic E-state index is 0.0253. The topological polar surface area (TPSA) is 63.1 Å². The van der Waals surface area contributed by atoms with E-state index in [2.05, 4.69) is 39.7 Å². The number of carbonyl (C=O) groups is 1. The fourth-order valence-corrected chi connectivity index (χ4v) is 4.04. The summed E-state index contributed by atoms with van der Waals surface area (Å²) in [5, 5.41) is 7.26. The first kappa shape index (κ1) is 15.2. The van der Waals surface area contributed by atoms with Crippen LogP contribution in [0.25, 0.3) is 0 Å². The molecular formula is C18H23N5O. The first-order valence-corrected chi connectivity index (χ1v) is 8.62. The molecule has 1 aliphatic carbocycles. The second kappa shape index (κ2) is 5.92. The van der Waals surface area contributed by atoms with Gasteiger partial charge in [-0.2, -0.15) is 5.10 Å². The van der Waals surface area contributed by atoms with Crippen LogP contribution in [0, 0.1) is 5.41 Å². The van der Waals surface area contributed by atoms with Crippen LogP contribution < -0.4 is 5.32 Å². The maximum Gasteiger partial charge on any atom is 0.317 e. The molecule has 2 heterocycles. The number of urea groups is 1. The second-order valence-corrected chi connectivity index (χ2v) is 6.97. The van der Waals surface area contributed by atoms with E-state index in [1.165, 1.54) is 24.8 Å². The highest BCUT2D eigenvalue weighted by Gasteiger charge is 2.57. The molecule has 0 bridgehead atoms. The molecule has 1 N–H and O–H groups in total. The van der Waals surface area contributed by atoms with Crippen molar-refractivity contribution in [1.29, 1.82) is 0 Å². The normalized spacial score (nSPS) is 21.2. The van der Waals surface area contributed by atoms with E-state index >= 15 is 0 Å². The van der Waals surface area contributed by atoms with Gasteiger partial charge in [0.1, 0.15) is 6.33 Å². The average molecular weight is 325 g/mol. The van der Waals surface area contributed by atoms with Crippen LogP contribution >= 0.6 is 0 Å². The Morgan fingerprint density at radius 1 is 1.33 bits per heavy atom. The fourth-order valence-electron chi connectivity index (χ4n) is 4.04. The van der Waals surface area contributed by atoms with Crippen molar-refractivity contribution in [3.8, 4) is 0 Å². The summed E-state index contributed by atoms with van der Waals surface area (Å²) in [6.07, 6.45) is 6.08. The van der Waals surface area contributed by atoms with Crippen LogP contribution in [0.2, 0.25) is 0 Å². The minimum absolute atomic E-state index is 0.0253. The molecule has 1 aliphatic heterocycles. The van der Waals surface area contributed by atoms with Crippen molar-refractivity contribution >= 4 is 6.03 Å². The Hall–Kier alpha value is -2.37. The number of carbonyl (C=O) groups excluding carboxylic acids is 1. The highest BCUT2D eigenvalue weighted by Crippen LogP contribution is 2.60. The van der Waals surface area contributed by atoms with Gasteiger partial charge in [0, 0.05) is 32.0 Å². The maximum absolute atomic E-state index is 12.6. The van der Waals surface area contributed by atoms with E-state index in [9.17, 15) is 4.79 Å². The third-order valence-corrected chi connectivity index (χ3v) is 5.37. The number of hydrogen-bond acceptors (Lipinski definition) is 3. The number of aryl methyl sites for hydroxylation is 1. The number of benzene rings is 1. The standard InChI is InChI=1S/C18H23N5O/c1-22-13-20-15(21-22)8-11-19-17(24)23-12-18(9-5-10-18)16(23)14-6-3-2-4-7-14/h2-4,6-7,13,16H,5,8-12H2,1H3,(H,19,24). The monoisotopic (exact) mass is 325 g/mol. The van der Waals surface area contributed by atoms with Gasteiger partial charge in [-0.05, 0) is 18.4 Å². The van der Waals surface area contributed by atoms with Crippen molar-refractivity contribution in [1.82, 2.24) is 25.0 Å². The average Bonchev–Trinajstić information content (AvgIpc) is 2.91. The molecule has 0 radical (unpaired) electrons. The van der Waals surface area contributed by atoms with Crippen molar-refractivity contribution in [3.63, 3.8) is 0 Å². The molecular weight excluding hydrogens is 302 g/mol. The fraction of sp³-hybridized carbons (Fsp3) is 0.500. The SMILES string of the molecule is Cn1cnc(CCNC(=O)N2CC3(CCC3)C2c2ccccc2)n1. The van der Waals surface area contributed by atoms with Crippen molar-refractivity contribution in [2.45, 2.75) is 31.7 Å². The Morgan fingerprint density at radius 2 is 2.12 bits per heavy atom. The molecule has 2 fully saturated rings. The van der Waals surface area contributed by atoms with E-state index in [0.29, 0.717) is 18.4 Å². The first-order chi connectivity index (χ1) is 11.7. The molecule has 2 amide bonds. The Balaban J connectivity index is 1.38. The number of likely N-dealkylation sites (tertiary alicyclic amines) is 1. The second-order valence-electron chi connectivity index (χ2n) is 6.97. The van der Waals surface area contributed by atoms with Crippen molar-refractivity contribution < 1.29 is 4.79 Å². The molecule has 6 nitrogen and oxygen atoms in total. The molecule has 24 heavy (non-hydrogen) atoms. The van der Waals surface area contributed by atoms with Gasteiger partial charge in [0.2, 0.25) is 0 Å². The largest absolute Gasteiger partial charge is 0.338 e. The summed E-state index contributed by atoms with van der Waals surface area (Å²) >= 11 is 0. The van der Waals surface area contributed by atoms with Crippen LogP contribution in [0.4, 0.5) is 4.79 Å². The molecule has 4 rings (SSSR count). The zero-order chi connectivity index (χ0) is 16.6. The predicted octanol–water partition coefficient (Wildman–Crippen LogP) is 2.29. The van der Waals surface area contributed by atoms with Gasteiger partial charge in [-0.25, -0.2) is 9.78 Å². The van der Waals surface area contributed by atoms with Gasteiger partial charge in [-0.15, -0.1) is 0 Å². The van der Waals surface area contributed by atoms with Gasteiger partial charge in [0.25, 0.3) is 0 Å². The molecule has 1 atom stereocenters. The number of hydrogen-bond donors (Lipinski definition) is 1. The van der Waals surface area contributed by atoms with Crippen LogP contribution in [0.3, 0.4) is 0 Å². The maximum atomic E-state index is 12.6. The summed E-state index contributed by atoms with van der Waals surface area (Å²) in [5.41, 5.74) is 1.58. The number of rotatable bonds is 4. The van der Waals surface area contributed by atoms with Crippen molar-refractivity contribution in [3.05, 3.63) is 48.0 Å². The summed E-state index contributed by atoms with van der Waals surface area (Å²) in [6.45, 7) is 1.44. The quantitative estimate of drug-likeness (QED) is 0.938. The molecule has 1 aromatic carbocycles. The lowest BCUT2D eigenvalue weighted by atomic mass is 9.56. The summed E-state index contributed by atoms with van der Waals surface area (Å²) < 4.78 is 1.68. The summed E-state index contributed by atoms with van der Waals surface area (Å²) in [4.78, 5) is 18.8. The number of nitrogens with zero attached hydrogens (tertiary/aromatic N) is 4. The molecule has 1 aromatic heterocycles. The van der Waals surface area contributed by atoms with Crippen LogP contribution in [0.5, 0.6) is 0 Å². The molecule has 126 valence electrons. The van der Waals surface area contributed by atoms with E-state index in [-0.39, 0.29) is 12.1 Å². The number of amides is 2. The smallest absolute Gasteiger partial charge is 0.317 e.